The molecule has 0 N–H and O–H groups in total. The molecule has 2 rings (SSSR count). The Morgan fingerprint density at radius 3 is 2.67 bits per heavy atom. The second-order valence-corrected chi connectivity index (χ2v) is 5.89. The summed E-state index contributed by atoms with van der Waals surface area (Å²) in [6, 6.07) is 8.01. The number of rotatable bonds is 3. The molecular formula is C14H18BrNO2. The van der Waals surface area contributed by atoms with Crippen LogP contribution in [0.4, 0.5) is 0 Å². The Bertz CT molecular complexity index is 424. The highest BCUT2D eigenvalue weighted by Gasteiger charge is 2.39. The lowest BCUT2D eigenvalue weighted by atomic mass is 10.0. The quantitative estimate of drug-likeness (QED) is 0.859. The highest BCUT2D eigenvalue weighted by molar-refractivity contribution is 9.10. The van der Waals surface area contributed by atoms with Gasteiger partial charge < -0.3 is 9.64 Å². The summed E-state index contributed by atoms with van der Waals surface area (Å²) in [4.78, 5) is 14.1. The normalized spacial score (nSPS) is 23.1. The van der Waals surface area contributed by atoms with Gasteiger partial charge in [0.05, 0.1) is 0 Å². The van der Waals surface area contributed by atoms with Crippen LogP contribution in [0, 0.1) is 0 Å². The number of carbonyl (C=O) groups is 1. The van der Waals surface area contributed by atoms with Crippen molar-refractivity contribution in [2.75, 3.05) is 13.7 Å². The Morgan fingerprint density at radius 1 is 1.44 bits per heavy atom. The first kappa shape index (κ1) is 13.6. The van der Waals surface area contributed by atoms with Crippen LogP contribution in [-0.2, 0) is 16.1 Å². The molecule has 18 heavy (non-hydrogen) atoms. The van der Waals surface area contributed by atoms with E-state index in [1.807, 2.05) is 38.2 Å². The van der Waals surface area contributed by atoms with Crippen LogP contribution in [0.1, 0.15) is 25.3 Å². The molecule has 0 spiro atoms. The van der Waals surface area contributed by atoms with Crippen LogP contribution in [0.2, 0.25) is 0 Å². The number of carbonyl (C=O) groups excluding carboxylic acids is 1. The van der Waals surface area contributed by atoms with Gasteiger partial charge >= 0.3 is 0 Å². The molecule has 0 radical (unpaired) electrons. The summed E-state index contributed by atoms with van der Waals surface area (Å²) in [6.07, 6.45) is 1.78. The molecule has 1 aliphatic heterocycles. The van der Waals surface area contributed by atoms with Crippen molar-refractivity contribution in [1.29, 1.82) is 0 Å². The van der Waals surface area contributed by atoms with Gasteiger partial charge in [-0.05, 0) is 37.5 Å². The fraction of sp³-hybridized carbons (Fsp3) is 0.500. The molecule has 1 heterocycles. The van der Waals surface area contributed by atoms with Crippen molar-refractivity contribution < 1.29 is 9.53 Å². The zero-order valence-electron chi connectivity index (χ0n) is 10.8. The minimum atomic E-state index is -0.621. The summed E-state index contributed by atoms with van der Waals surface area (Å²) in [5, 5.41) is 0. The van der Waals surface area contributed by atoms with Crippen molar-refractivity contribution >= 4 is 21.8 Å². The second-order valence-electron chi connectivity index (χ2n) is 4.97. The van der Waals surface area contributed by atoms with Gasteiger partial charge in [-0.3, -0.25) is 4.79 Å². The van der Waals surface area contributed by atoms with E-state index in [1.54, 1.807) is 4.90 Å². The Hall–Kier alpha value is -0.870. The van der Waals surface area contributed by atoms with E-state index in [9.17, 15) is 4.79 Å². The van der Waals surface area contributed by atoms with Gasteiger partial charge in [0, 0.05) is 24.7 Å². The lowest BCUT2D eigenvalue weighted by molar-refractivity contribution is -0.150. The van der Waals surface area contributed by atoms with Crippen LogP contribution in [0.25, 0.3) is 0 Å². The molecule has 4 heteroatoms. The van der Waals surface area contributed by atoms with Crippen molar-refractivity contribution in [2.24, 2.45) is 0 Å². The lowest BCUT2D eigenvalue weighted by Crippen LogP contribution is -2.44. The summed E-state index contributed by atoms with van der Waals surface area (Å²) in [6.45, 7) is 3.19. The van der Waals surface area contributed by atoms with Crippen LogP contribution >= 0.6 is 15.9 Å². The van der Waals surface area contributed by atoms with Crippen molar-refractivity contribution in [3.63, 3.8) is 0 Å². The van der Waals surface area contributed by atoms with Crippen LogP contribution < -0.4 is 0 Å². The van der Waals surface area contributed by atoms with Gasteiger partial charge in [-0.25, -0.2) is 0 Å². The Morgan fingerprint density at radius 2 is 2.11 bits per heavy atom. The van der Waals surface area contributed by atoms with Gasteiger partial charge in [-0.2, -0.15) is 0 Å². The van der Waals surface area contributed by atoms with Gasteiger partial charge in [0.1, 0.15) is 5.60 Å². The molecule has 1 amide bonds. The second kappa shape index (κ2) is 5.41. The van der Waals surface area contributed by atoms with E-state index in [2.05, 4.69) is 15.9 Å². The number of hydrogen-bond acceptors (Lipinski definition) is 2. The third kappa shape index (κ3) is 2.93. The van der Waals surface area contributed by atoms with Gasteiger partial charge in [0.25, 0.3) is 5.91 Å². The van der Waals surface area contributed by atoms with E-state index in [0.717, 1.165) is 22.9 Å². The van der Waals surface area contributed by atoms with Crippen LogP contribution in [-0.4, -0.2) is 30.1 Å². The van der Waals surface area contributed by atoms with Crippen LogP contribution in [0.15, 0.2) is 28.7 Å². The topological polar surface area (TPSA) is 29.5 Å². The van der Waals surface area contributed by atoms with Gasteiger partial charge in [0.15, 0.2) is 0 Å². The lowest BCUT2D eigenvalue weighted by Gasteiger charge is -2.28. The van der Waals surface area contributed by atoms with Gasteiger partial charge in [-0.1, -0.05) is 28.1 Å². The minimum absolute atomic E-state index is 0.0721. The molecule has 0 saturated carbocycles. The highest BCUT2D eigenvalue weighted by Crippen LogP contribution is 2.27. The van der Waals surface area contributed by atoms with E-state index >= 15 is 0 Å². The molecule has 0 bridgehead atoms. The smallest absolute Gasteiger partial charge is 0.254 e. The third-order valence-corrected chi connectivity index (χ3v) is 3.88. The number of nitrogens with zero attached hydrogens (tertiary/aromatic N) is 1. The molecule has 1 aromatic rings. The number of likely N-dealkylation sites (N-methyl/N-ethyl adjacent to an activating group) is 1. The minimum Gasteiger partial charge on any atom is -0.365 e. The predicted octanol–water partition coefficient (Wildman–Crippen LogP) is 2.98. The highest BCUT2D eigenvalue weighted by atomic mass is 79.9. The third-order valence-electron chi connectivity index (χ3n) is 3.35. The molecule has 1 saturated heterocycles. The molecule has 1 atom stereocenters. The zero-order chi connectivity index (χ0) is 13.2. The molecule has 1 aliphatic rings. The average Bonchev–Trinajstić information content (AvgIpc) is 2.79. The molecule has 98 valence electrons. The Labute approximate surface area is 116 Å². The SMILES string of the molecule is CN(Cc1ccc(Br)cc1)C(=O)C1(C)CCCO1. The van der Waals surface area contributed by atoms with E-state index in [-0.39, 0.29) is 5.91 Å². The van der Waals surface area contributed by atoms with Crippen molar-refractivity contribution in [3.8, 4) is 0 Å². The summed E-state index contributed by atoms with van der Waals surface area (Å²) >= 11 is 3.40. The number of amides is 1. The van der Waals surface area contributed by atoms with Gasteiger partial charge in [-0.15, -0.1) is 0 Å². The van der Waals surface area contributed by atoms with Crippen LogP contribution in [0.5, 0.6) is 0 Å². The zero-order valence-corrected chi connectivity index (χ0v) is 12.4. The molecule has 1 aromatic carbocycles. The van der Waals surface area contributed by atoms with Gasteiger partial charge in [0.2, 0.25) is 0 Å². The Kier molecular flexibility index (Phi) is 4.07. The average molecular weight is 312 g/mol. The predicted molar refractivity (Wildman–Crippen MR) is 74.2 cm³/mol. The monoisotopic (exact) mass is 311 g/mol. The maximum absolute atomic E-state index is 12.3. The number of halogens is 1. The first-order valence-electron chi connectivity index (χ1n) is 6.15. The summed E-state index contributed by atoms with van der Waals surface area (Å²) in [5.41, 5.74) is 0.500. The Balaban J connectivity index is 2.01. The first-order chi connectivity index (χ1) is 8.51. The van der Waals surface area contributed by atoms with Crippen molar-refractivity contribution in [2.45, 2.75) is 31.9 Å². The van der Waals surface area contributed by atoms with Crippen molar-refractivity contribution in [1.82, 2.24) is 4.90 Å². The first-order valence-corrected chi connectivity index (χ1v) is 6.94. The van der Waals surface area contributed by atoms with E-state index in [1.165, 1.54) is 0 Å². The fourth-order valence-corrected chi connectivity index (χ4v) is 2.55. The summed E-state index contributed by atoms with van der Waals surface area (Å²) < 4.78 is 6.63. The molecule has 1 fully saturated rings. The maximum atomic E-state index is 12.3. The van der Waals surface area contributed by atoms with Crippen LogP contribution in [0.3, 0.4) is 0 Å². The molecule has 1 unspecified atom stereocenters. The molecular weight excluding hydrogens is 294 g/mol. The van der Waals surface area contributed by atoms with E-state index in [4.69, 9.17) is 4.74 Å². The number of hydrogen-bond donors (Lipinski definition) is 0. The molecule has 0 aromatic heterocycles. The molecule has 3 nitrogen and oxygen atoms in total. The van der Waals surface area contributed by atoms with Crippen molar-refractivity contribution in [3.05, 3.63) is 34.3 Å². The summed E-state index contributed by atoms with van der Waals surface area (Å²) in [5.74, 6) is 0.0721. The van der Waals surface area contributed by atoms with E-state index < -0.39 is 5.60 Å². The summed E-state index contributed by atoms with van der Waals surface area (Å²) in [7, 11) is 1.83. The fourth-order valence-electron chi connectivity index (χ4n) is 2.29. The molecule has 0 aliphatic carbocycles. The number of benzene rings is 1. The maximum Gasteiger partial charge on any atom is 0.254 e. The number of ether oxygens (including phenoxy) is 1. The van der Waals surface area contributed by atoms with E-state index in [0.29, 0.717) is 13.2 Å². The largest absolute Gasteiger partial charge is 0.365 e. The standard InChI is InChI=1S/C14H18BrNO2/c1-14(8-3-9-18-14)13(17)16(2)10-11-4-6-12(15)7-5-11/h4-7H,3,8-10H2,1-2H3.